The Kier molecular flexibility index (Phi) is 5.62. The molecule has 0 aromatic rings. The highest BCUT2D eigenvalue weighted by molar-refractivity contribution is 7.58. The van der Waals surface area contributed by atoms with Crippen LogP contribution in [0, 0.1) is 0 Å². The standard InChI is InChI=1S/C6H12O7P2/c1-3-6(2)4-5-12-15(10,11)13-14(7,8)9/h3H,1-2,4-5H2,(H,10,11)(H2,7,8,9)/p-3. The van der Waals surface area contributed by atoms with Crippen LogP contribution in [0.5, 0.6) is 0 Å². The molecule has 7 nitrogen and oxygen atoms in total. The third-order valence-electron chi connectivity index (χ3n) is 1.16. The molecule has 0 aliphatic rings. The molecule has 0 saturated carbocycles. The minimum absolute atomic E-state index is 0.126. The topological polar surface area (TPSA) is 122 Å². The molecule has 0 spiro atoms. The van der Waals surface area contributed by atoms with Crippen LogP contribution in [-0.4, -0.2) is 6.61 Å². The van der Waals surface area contributed by atoms with Crippen molar-refractivity contribution in [2.75, 3.05) is 6.61 Å². The largest absolute Gasteiger partial charge is 0.790 e. The van der Waals surface area contributed by atoms with Gasteiger partial charge in [0.05, 0.1) is 14.4 Å². The molecule has 0 aromatic heterocycles. The molecule has 9 heteroatoms. The molecule has 0 amide bonds. The molecule has 1 atom stereocenters. The van der Waals surface area contributed by atoms with Gasteiger partial charge in [-0.2, -0.15) is 0 Å². The fourth-order valence-corrected chi connectivity index (χ4v) is 2.02. The van der Waals surface area contributed by atoms with Gasteiger partial charge in [-0.15, -0.1) is 0 Å². The number of hydrogen-bond acceptors (Lipinski definition) is 7. The molecule has 0 rings (SSSR count). The quantitative estimate of drug-likeness (QED) is 0.441. The summed E-state index contributed by atoms with van der Waals surface area (Å²) in [7, 11) is -10.7. The number of hydrogen-bond donors (Lipinski definition) is 0. The van der Waals surface area contributed by atoms with E-state index in [1.807, 2.05) is 0 Å². The summed E-state index contributed by atoms with van der Waals surface area (Å²) in [6.07, 6.45) is 1.51. The lowest BCUT2D eigenvalue weighted by atomic mass is 10.2. The van der Waals surface area contributed by atoms with Gasteiger partial charge < -0.3 is 23.8 Å². The van der Waals surface area contributed by atoms with Crippen LogP contribution in [0.2, 0.25) is 0 Å². The van der Waals surface area contributed by atoms with E-state index >= 15 is 0 Å². The SMILES string of the molecule is C=CC(=C)CCOP(=O)([O-])OP(=O)([O-])[O-]. The van der Waals surface area contributed by atoms with E-state index in [4.69, 9.17) is 0 Å². The van der Waals surface area contributed by atoms with Crippen molar-refractivity contribution >= 4 is 15.6 Å². The molecule has 0 fully saturated rings. The summed E-state index contributed by atoms with van der Waals surface area (Å²) in [5, 5.41) is 0. The van der Waals surface area contributed by atoms with E-state index in [-0.39, 0.29) is 13.0 Å². The molecule has 0 N–H and O–H groups in total. The monoisotopic (exact) mass is 255 g/mol. The first-order chi connectivity index (χ1) is 6.66. The van der Waals surface area contributed by atoms with Crippen LogP contribution in [0.25, 0.3) is 0 Å². The van der Waals surface area contributed by atoms with Crippen molar-refractivity contribution in [3.05, 3.63) is 24.8 Å². The summed E-state index contributed by atoms with van der Waals surface area (Å²) >= 11 is 0. The van der Waals surface area contributed by atoms with Gasteiger partial charge in [-0.1, -0.05) is 24.8 Å². The number of phosphoric ester groups is 1. The first-order valence-electron chi connectivity index (χ1n) is 3.65. The molecule has 1 unspecified atom stereocenters. The zero-order valence-corrected chi connectivity index (χ0v) is 9.45. The Hall–Kier alpha value is -0.260. The van der Waals surface area contributed by atoms with Gasteiger partial charge in [0.2, 0.25) is 0 Å². The lowest BCUT2D eigenvalue weighted by Gasteiger charge is -2.35. The predicted octanol–water partition coefficient (Wildman–Crippen LogP) is -0.551. The fraction of sp³-hybridized carbons (Fsp3) is 0.333. The number of phosphoric acid groups is 2. The summed E-state index contributed by atoms with van der Waals surface area (Å²) in [6.45, 7) is 6.45. The average Bonchev–Trinajstić information content (AvgIpc) is 1.98. The van der Waals surface area contributed by atoms with Gasteiger partial charge in [-0.3, -0.25) is 8.88 Å². The minimum atomic E-state index is -5.60. The molecule has 0 saturated heterocycles. The maximum atomic E-state index is 10.7. The van der Waals surface area contributed by atoms with E-state index in [2.05, 4.69) is 22.0 Å². The minimum Gasteiger partial charge on any atom is -0.790 e. The van der Waals surface area contributed by atoms with Crippen molar-refractivity contribution in [3.8, 4) is 0 Å². The Morgan fingerprint density at radius 1 is 1.33 bits per heavy atom. The van der Waals surface area contributed by atoms with Gasteiger partial charge in [-0.05, 0) is 6.42 Å². The molecule has 15 heavy (non-hydrogen) atoms. The molecule has 0 bridgehead atoms. The normalized spacial score (nSPS) is 15.7. The Bertz CT molecular complexity index is 330. The van der Waals surface area contributed by atoms with Gasteiger partial charge in [0.25, 0.3) is 7.82 Å². The van der Waals surface area contributed by atoms with E-state index in [9.17, 15) is 23.8 Å². The van der Waals surface area contributed by atoms with Crippen LogP contribution in [0.4, 0.5) is 0 Å². The maximum Gasteiger partial charge on any atom is 0.271 e. The van der Waals surface area contributed by atoms with Gasteiger partial charge in [-0.25, -0.2) is 0 Å². The summed E-state index contributed by atoms with van der Waals surface area (Å²) < 4.78 is 27.9. The first-order valence-corrected chi connectivity index (χ1v) is 6.57. The third-order valence-corrected chi connectivity index (χ3v) is 3.26. The highest BCUT2D eigenvalue weighted by Gasteiger charge is 2.11. The smallest absolute Gasteiger partial charge is 0.271 e. The van der Waals surface area contributed by atoms with E-state index in [0.717, 1.165) is 0 Å². The van der Waals surface area contributed by atoms with Crippen LogP contribution >= 0.6 is 15.6 Å². The van der Waals surface area contributed by atoms with Crippen LogP contribution in [0.1, 0.15) is 6.42 Å². The zero-order valence-electron chi connectivity index (χ0n) is 7.66. The molecule has 0 aromatic carbocycles. The average molecular weight is 255 g/mol. The predicted molar refractivity (Wildman–Crippen MR) is 46.2 cm³/mol. The second kappa shape index (κ2) is 5.72. The Morgan fingerprint density at radius 3 is 2.27 bits per heavy atom. The summed E-state index contributed by atoms with van der Waals surface area (Å²) in [5.74, 6) is 0. The third kappa shape index (κ3) is 8.72. The van der Waals surface area contributed by atoms with Gasteiger partial charge in [0, 0.05) is 0 Å². The highest BCUT2D eigenvalue weighted by Crippen LogP contribution is 2.50. The summed E-state index contributed by atoms with van der Waals surface area (Å²) in [6, 6.07) is 0. The number of allylic oxidation sites excluding steroid dienone is 1. The van der Waals surface area contributed by atoms with Crippen molar-refractivity contribution in [2.24, 2.45) is 0 Å². The lowest BCUT2D eigenvalue weighted by molar-refractivity contribution is -0.339. The molecule has 0 radical (unpaired) electrons. The summed E-state index contributed by atoms with van der Waals surface area (Å²) in [5.41, 5.74) is 0.502. The summed E-state index contributed by atoms with van der Waals surface area (Å²) in [4.78, 5) is 30.6. The van der Waals surface area contributed by atoms with E-state index in [1.165, 1.54) is 6.08 Å². The van der Waals surface area contributed by atoms with Crippen molar-refractivity contribution in [1.29, 1.82) is 0 Å². The van der Waals surface area contributed by atoms with Crippen molar-refractivity contribution in [1.82, 2.24) is 0 Å². The second-order valence-electron chi connectivity index (χ2n) is 2.42. The Balaban J connectivity index is 4.06. The molecular weight excluding hydrogens is 246 g/mol. The van der Waals surface area contributed by atoms with Crippen LogP contribution in [0.3, 0.4) is 0 Å². The Labute approximate surface area is 86.9 Å². The highest BCUT2D eigenvalue weighted by atomic mass is 31.3. The van der Waals surface area contributed by atoms with Crippen molar-refractivity contribution < 1.29 is 32.6 Å². The molecule has 0 aliphatic heterocycles. The second-order valence-corrected chi connectivity index (χ2v) is 5.12. The molecule has 0 aliphatic carbocycles. The van der Waals surface area contributed by atoms with E-state index < -0.39 is 15.6 Å². The van der Waals surface area contributed by atoms with Crippen molar-refractivity contribution in [2.45, 2.75) is 6.42 Å². The van der Waals surface area contributed by atoms with Crippen LogP contribution < -0.4 is 14.7 Å². The fourth-order valence-electron chi connectivity index (χ4n) is 0.537. The van der Waals surface area contributed by atoms with Gasteiger partial charge in [0.15, 0.2) is 0 Å². The van der Waals surface area contributed by atoms with Crippen LogP contribution in [0.15, 0.2) is 24.8 Å². The molecule has 88 valence electrons. The molecule has 0 heterocycles. The maximum absolute atomic E-state index is 10.7. The number of rotatable bonds is 7. The van der Waals surface area contributed by atoms with Crippen molar-refractivity contribution in [3.63, 3.8) is 0 Å². The lowest BCUT2D eigenvalue weighted by Crippen LogP contribution is -2.19. The van der Waals surface area contributed by atoms with E-state index in [1.54, 1.807) is 0 Å². The Morgan fingerprint density at radius 2 is 1.87 bits per heavy atom. The molecular formula is C6H9O7P2-3. The van der Waals surface area contributed by atoms with E-state index in [0.29, 0.717) is 5.57 Å². The van der Waals surface area contributed by atoms with Crippen LogP contribution in [-0.2, 0) is 18.0 Å². The first kappa shape index (κ1) is 14.7. The van der Waals surface area contributed by atoms with Gasteiger partial charge >= 0.3 is 0 Å². The van der Waals surface area contributed by atoms with Gasteiger partial charge in [0.1, 0.15) is 0 Å². The zero-order chi connectivity index (χ0) is 12.1.